The lowest BCUT2D eigenvalue weighted by Gasteiger charge is -2.19. The van der Waals surface area contributed by atoms with Crippen molar-refractivity contribution in [3.05, 3.63) is 82.7 Å². The number of aromatic nitrogens is 2. The lowest BCUT2D eigenvalue weighted by atomic mass is 9.99. The number of alkyl halides is 3. The van der Waals surface area contributed by atoms with E-state index in [9.17, 15) is 18.0 Å². The van der Waals surface area contributed by atoms with E-state index in [2.05, 4.69) is 15.3 Å². The van der Waals surface area contributed by atoms with Gasteiger partial charge in [-0.1, -0.05) is 6.08 Å². The van der Waals surface area contributed by atoms with Gasteiger partial charge in [-0.05, 0) is 56.7 Å². The van der Waals surface area contributed by atoms with Crippen molar-refractivity contribution in [2.45, 2.75) is 39.5 Å². The summed E-state index contributed by atoms with van der Waals surface area (Å²) in [6.45, 7) is 5.61. The van der Waals surface area contributed by atoms with E-state index in [4.69, 9.17) is 0 Å². The number of halogens is 5. The normalized spacial score (nSPS) is 14.7. The van der Waals surface area contributed by atoms with Crippen LogP contribution in [-0.2, 0) is 6.54 Å². The molecule has 5 nitrogen and oxygen atoms in total. The first-order chi connectivity index (χ1) is 17.0. The van der Waals surface area contributed by atoms with E-state index in [-0.39, 0.29) is 28.3 Å². The van der Waals surface area contributed by atoms with Crippen LogP contribution >= 0.6 is 0 Å². The van der Waals surface area contributed by atoms with E-state index in [0.717, 1.165) is 36.5 Å². The molecule has 1 aliphatic heterocycles. The number of nitrogens with one attached hydrogen (secondary N) is 1. The molecule has 188 valence electrons. The summed E-state index contributed by atoms with van der Waals surface area (Å²) in [6, 6.07) is 5.05. The largest absolute Gasteiger partial charge is 0.416 e. The van der Waals surface area contributed by atoms with Crippen LogP contribution in [0.1, 0.15) is 53.9 Å². The maximum Gasteiger partial charge on any atom is 0.416 e. The third-order valence-electron chi connectivity index (χ3n) is 6.15. The monoisotopic (exact) mass is 502 g/mol. The van der Waals surface area contributed by atoms with Crippen molar-refractivity contribution in [1.29, 1.82) is 0 Å². The number of fused-ring (bicyclic) bond motifs is 1. The molecule has 1 amide bonds. The van der Waals surface area contributed by atoms with Crippen LogP contribution in [0.2, 0.25) is 0 Å². The second-order valence-electron chi connectivity index (χ2n) is 8.35. The van der Waals surface area contributed by atoms with Crippen LogP contribution in [0.5, 0.6) is 0 Å². The van der Waals surface area contributed by atoms with Gasteiger partial charge in [0.15, 0.2) is 0 Å². The Bertz CT molecular complexity index is 1350. The summed E-state index contributed by atoms with van der Waals surface area (Å²) < 4.78 is 70.1. The molecule has 1 N–H and O–H groups in total. The third kappa shape index (κ3) is 4.67. The average molecular weight is 502 g/mol. The Hall–Kier alpha value is -3.82. The van der Waals surface area contributed by atoms with E-state index < -0.39 is 29.4 Å². The Morgan fingerprint density at radius 2 is 1.83 bits per heavy atom. The zero-order chi connectivity index (χ0) is 26.2. The van der Waals surface area contributed by atoms with Crippen LogP contribution < -0.4 is 5.32 Å². The van der Waals surface area contributed by atoms with Crippen molar-refractivity contribution in [2.75, 3.05) is 11.9 Å². The van der Waals surface area contributed by atoms with E-state index in [0.29, 0.717) is 30.0 Å². The number of rotatable bonds is 6. The molecule has 0 fully saturated rings. The summed E-state index contributed by atoms with van der Waals surface area (Å²) in [5, 5.41) is 3.05. The standard InChI is InChI=1S/C26H23F5N4O/c1-4-20(26(29,30)31)15-6-8-32-23(10-15)18-12-21(27)17(11-22(18)28)14(3)34-24-19-13-35(5-2)25(36)16(19)7-9-33-24/h4,6-12,14H,5,13H2,1-3H3,(H,33,34)/b20-4+. The summed E-state index contributed by atoms with van der Waals surface area (Å²) in [7, 11) is 0. The smallest absolute Gasteiger partial charge is 0.363 e. The molecular formula is C26H23F5N4O. The van der Waals surface area contributed by atoms with E-state index >= 15 is 8.78 Å². The SMILES string of the molecule is C/C=C(\c1ccnc(-c2cc(F)c(C(C)Nc3nccc4c3CN(CC)C4=O)cc2F)c1)C(F)(F)F. The Kier molecular flexibility index (Phi) is 6.79. The molecule has 1 aliphatic rings. The van der Waals surface area contributed by atoms with Crippen molar-refractivity contribution in [3.8, 4) is 11.3 Å². The van der Waals surface area contributed by atoms with Gasteiger partial charge in [-0.3, -0.25) is 9.78 Å². The average Bonchev–Trinajstić information content (AvgIpc) is 3.16. The van der Waals surface area contributed by atoms with Crippen molar-refractivity contribution in [3.63, 3.8) is 0 Å². The van der Waals surface area contributed by atoms with Crippen molar-refractivity contribution >= 4 is 17.3 Å². The number of amides is 1. The van der Waals surface area contributed by atoms with Crippen molar-refractivity contribution in [1.82, 2.24) is 14.9 Å². The highest BCUT2D eigenvalue weighted by Crippen LogP contribution is 2.36. The lowest BCUT2D eigenvalue weighted by Crippen LogP contribution is -2.22. The molecule has 1 aromatic carbocycles. The molecule has 0 bridgehead atoms. The van der Waals surface area contributed by atoms with Gasteiger partial charge in [0.1, 0.15) is 17.5 Å². The predicted octanol–water partition coefficient (Wildman–Crippen LogP) is 6.54. The van der Waals surface area contributed by atoms with Gasteiger partial charge in [0, 0.05) is 41.2 Å². The van der Waals surface area contributed by atoms with Crippen LogP contribution in [0.15, 0.2) is 48.8 Å². The maximum absolute atomic E-state index is 15.1. The number of nitrogens with zero attached hydrogens (tertiary/aromatic N) is 3. The molecular weight excluding hydrogens is 479 g/mol. The quantitative estimate of drug-likeness (QED) is 0.389. The topological polar surface area (TPSA) is 58.1 Å². The molecule has 10 heteroatoms. The molecule has 1 atom stereocenters. The molecule has 0 radical (unpaired) electrons. The Morgan fingerprint density at radius 3 is 2.50 bits per heavy atom. The number of pyridine rings is 2. The molecule has 2 aromatic heterocycles. The Morgan fingerprint density at radius 1 is 1.11 bits per heavy atom. The van der Waals surface area contributed by atoms with Gasteiger partial charge in [-0.15, -0.1) is 0 Å². The maximum atomic E-state index is 15.1. The third-order valence-corrected chi connectivity index (χ3v) is 6.15. The highest BCUT2D eigenvalue weighted by Gasteiger charge is 2.34. The first-order valence-corrected chi connectivity index (χ1v) is 11.3. The van der Waals surface area contributed by atoms with E-state index in [1.807, 2.05) is 6.92 Å². The number of hydrogen-bond acceptors (Lipinski definition) is 4. The summed E-state index contributed by atoms with van der Waals surface area (Å²) in [4.78, 5) is 22.3. The Labute approximate surface area is 204 Å². The van der Waals surface area contributed by atoms with E-state index in [1.54, 1.807) is 17.9 Å². The van der Waals surface area contributed by atoms with Gasteiger partial charge in [-0.2, -0.15) is 13.2 Å². The first kappa shape index (κ1) is 25.3. The summed E-state index contributed by atoms with van der Waals surface area (Å²) >= 11 is 0. The molecule has 0 saturated carbocycles. The molecule has 0 aliphatic carbocycles. The van der Waals surface area contributed by atoms with Gasteiger partial charge in [0.05, 0.1) is 23.9 Å². The van der Waals surface area contributed by atoms with Gasteiger partial charge in [0.25, 0.3) is 5.91 Å². The highest BCUT2D eigenvalue weighted by molar-refractivity contribution is 5.99. The van der Waals surface area contributed by atoms with E-state index in [1.165, 1.54) is 13.1 Å². The van der Waals surface area contributed by atoms with Gasteiger partial charge in [0.2, 0.25) is 0 Å². The minimum absolute atomic E-state index is 0.00656. The molecule has 1 unspecified atom stereocenters. The molecule has 0 spiro atoms. The fraction of sp³-hybridized carbons (Fsp3) is 0.269. The van der Waals surface area contributed by atoms with Crippen LogP contribution in [-0.4, -0.2) is 33.5 Å². The zero-order valence-electron chi connectivity index (χ0n) is 19.8. The fourth-order valence-corrected chi connectivity index (χ4v) is 4.28. The fourth-order valence-electron chi connectivity index (χ4n) is 4.28. The second-order valence-corrected chi connectivity index (χ2v) is 8.35. The summed E-state index contributed by atoms with van der Waals surface area (Å²) in [6.07, 6.45) is -1.10. The molecule has 3 heterocycles. The lowest BCUT2D eigenvalue weighted by molar-refractivity contribution is -0.0689. The summed E-state index contributed by atoms with van der Waals surface area (Å²) in [5.41, 5.74) is -0.301. The molecule has 3 aromatic rings. The van der Waals surface area contributed by atoms with Crippen LogP contribution in [0.3, 0.4) is 0 Å². The van der Waals surface area contributed by atoms with Crippen LogP contribution in [0, 0.1) is 11.6 Å². The molecule has 0 saturated heterocycles. The number of carbonyl (C=O) groups is 1. The minimum atomic E-state index is -4.60. The molecule has 36 heavy (non-hydrogen) atoms. The van der Waals surface area contributed by atoms with Crippen LogP contribution in [0.4, 0.5) is 27.8 Å². The highest BCUT2D eigenvalue weighted by atomic mass is 19.4. The predicted molar refractivity (Wildman–Crippen MR) is 126 cm³/mol. The minimum Gasteiger partial charge on any atom is -0.363 e. The number of anilines is 1. The zero-order valence-corrected chi connectivity index (χ0v) is 19.8. The van der Waals surface area contributed by atoms with Crippen LogP contribution in [0.25, 0.3) is 16.8 Å². The first-order valence-electron chi connectivity index (χ1n) is 11.3. The van der Waals surface area contributed by atoms with Crippen molar-refractivity contribution in [2.24, 2.45) is 0 Å². The van der Waals surface area contributed by atoms with Gasteiger partial charge < -0.3 is 10.2 Å². The molecule has 4 rings (SSSR count). The number of carbonyl (C=O) groups excluding carboxylic acids is 1. The van der Waals surface area contributed by atoms with Crippen molar-refractivity contribution < 1.29 is 26.7 Å². The second kappa shape index (κ2) is 9.67. The van der Waals surface area contributed by atoms with Gasteiger partial charge in [-0.25, -0.2) is 13.8 Å². The Balaban J connectivity index is 1.64. The number of benzene rings is 1. The number of hydrogen-bond donors (Lipinski definition) is 1. The van der Waals surface area contributed by atoms with Gasteiger partial charge >= 0.3 is 6.18 Å². The number of allylic oxidation sites excluding steroid dienone is 2. The summed E-state index contributed by atoms with van der Waals surface area (Å²) in [5.74, 6) is -1.32.